The van der Waals surface area contributed by atoms with Crippen molar-refractivity contribution in [1.29, 1.82) is 0 Å². The Hall–Kier alpha value is -3.10. The van der Waals surface area contributed by atoms with E-state index in [4.69, 9.17) is 0 Å². The van der Waals surface area contributed by atoms with Crippen LogP contribution in [0.3, 0.4) is 0 Å². The van der Waals surface area contributed by atoms with Crippen molar-refractivity contribution in [1.82, 2.24) is 19.1 Å². The number of hydrogen-bond acceptors (Lipinski definition) is 3. The lowest BCUT2D eigenvalue weighted by atomic mass is 10.3. The van der Waals surface area contributed by atoms with Crippen LogP contribution in [0.5, 0.6) is 5.75 Å². The summed E-state index contributed by atoms with van der Waals surface area (Å²) in [6, 6.07) is 8.59. The summed E-state index contributed by atoms with van der Waals surface area (Å²) in [5.74, 6) is -0.122. The molecule has 0 atom stereocenters. The Labute approximate surface area is 149 Å². The van der Waals surface area contributed by atoms with Crippen LogP contribution >= 0.6 is 0 Å². The highest BCUT2D eigenvalue weighted by atomic mass is 19.4. The zero-order valence-corrected chi connectivity index (χ0v) is 13.7. The van der Waals surface area contributed by atoms with Gasteiger partial charge in [-0.05, 0) is 43.2 Å². The molecule has 2 aromatic carbocycles. The first-order chi connectivity index (χ1) is 12.9. The summed E-state index contributed by atoms with van der Waals surface area (Å²) in [5, 5.41) is 0. The second kappa shape index (κ2) is 5.45. The minimum atomic E-state index is -4.76. The van der Waals surface area contributed by atoms with Gasteiger partial charge in [0.1, 0.15) is 17.9 Å². The Bertz CT molecular complexity index is 1170. The smallest absolute Gasteiger partial charge is 0.406 e. The molecule has 0 aliphatic heterocycles. The van der Waals surface area contributed by atoms with Gasteiger partial charge in [0, 0.05) is 12.1 Å². The lowest BCUT2D eigenvalue weighted by Gasteiger charge is -2.10. The van der Waals surface area contributed by atoms with E-state index in [0.29, 0.717) is 28.0 Å². The van der Waals surface area contributed by atoms with Gasteiger partial charge < -0.3 is 9.30 Å². The molecule has 2 aromatic heterocycles. The summed E-state index contributed by atoms with van der Waals surface area (Å²) in [6.07, 6.45) is -1.34. The van der Waals surface area contributed by atoms with Gasteiger partial charge in [-0.15, -0.1) is 13.2 Å². The molecule has 0 radical (unpaired) electrons. The molecule has 0 unspecified atom stereocenters. The van der Waals surface area contributed by atoms with Crippen LogP contribution in [-0.4, -0.2) is 25.5 Å². The maximum atomic E-state index is 13.7. The second-order valence-electron chi connectivity index (χ2n) is 6.46. The van der Waals surface area contributed by atoms with E-state index < -0.39 is 6.36 Å². The summed E-state index contributed by atoms with van der Waals surface area (Å²) in [7, 11) is 0. The van der Waals surface area contributed by atoms with Crippen LogP contribution in [0.4, 0.5) is 17.6 Å². The summed E-state index contributed by atoms with van der Waals surface area (Å²) < 4.78 is 58.6. The fraction of sp³-hybridized carbons (Fsp3) is 0.222. The molecule has 2 heterocycles. The van der Waals surface area contributed by atoms with E-state index in [2.05, 4.69) is 14.7 Å². The lowest BCUT2D eigenvalue weighted by Crippen LogP contribution is -2.17. The highest BCUT2D eigenvalue weighted by molar-refractivity contribution is 5.81. The molecular weight excluding hydrogens is 364 g/mol. The number of aromatic nitrogens is 4. The Morgan fingerprint density at radius 2 is 1.81 bits per heavy atom. The van der Waals surface area contributed by atoms with Gasteiger partial charge in [-0.2, -0.15) is 0 Å². The predicted molar refractivity (Wildman–Crippen MR) is 89.3 cm³/mol. The molecule has 9 heteroatoms. The first-order valence-electron chi connectivity index (χ1n) is 8.30. The number of hydrogen-bond donors (Lipinski definition) is 0. The first-order valence-corrected chi connectivity index (χ1v) is 8.30. The number of rotatable bonds is 3. The molecular formula is C18H12F4N4O. The highest BCUT2D eigenvalue weighted by Crippen LogP contribution is 2.40. The normalized spacial score (nSPS) is 15.0. The average Bonchev–Trinajstić information content (AvgIpc) is 3.23. The number of benzene rings is 2. The third kappa shape index (κ3) is 2.79. The molecule has 0 bridgehead atoms. The van der Waals surface area contributed by atoms with Gasteiger partial charge in [0.25, 0.3) is 0 Å². The Morgan fingerprint density at radius 3 is 2.56 bits per heavy atom. The third-order valence-corrected chi connectivity index (χ3v) is 4.51. The first kappa shape index (κ1) is 16.1. The molecule has 4 aromatic rings. The number of halogens is 4. The SMILES string of the molecule is Fc1ccc2nc(-n3cnc4cc(OC(F)(F)F)ccc43)n(C3CC3)c2c1. The minimum absolute atomic E-state index is 0.220. The average molecular weight is 376 g/mol. The fourth-order valence-corrected chi connectivity index (χ4v) is 3.27. The van der Waals surface area contributed by atoms with Crippen molar-refractivity contribution < 1.29 is 22.3 Å². The molecule has 1 fully saturated rings. The van der Waals surface area contributed by atoms with Crippen LogP contribution in [0.15, 0.2) is 42.7 Å². The zero-order chi connectivity index (χ0) is 18.8. The summed E-state index contributed by atoms with van der Waals surface area (Å²) in [4.78, 5) is 8.78. The summed E-state index contributed by atoms with van der Waals surface area (Å²) in [5.41, 5.74) is 2.27. The van der Waals surface area contributed by atoms with Crippen LogP contribution in [0.1, 0.15) is 18.9 Å². The highest BCUT2D eigenvalue weighted by Gasteiger charge is 2.32. The van der Waals surface area contributed by atoms with E-state index in [0.717, 1.165) is 12.8 Å². The lowest BCUT2D eigenvalue weighted by molar-refractivity contribution is -0.274. The van der Waals surface area contributed by atoms with Crippen LogP contribution in [0.25, 0.3) is 28.0 Å². The number of nitrogens with zero attached hydrogens (tertiary/aromatic N) is 4. The van der Waals surface area contributed by atoms with E-state index in [1.54, 1.807) is 10.6 Å². The van der Waals surface area contributed by atoms with Gasteiger partial charge in [0.05, 0.1) is 22.1 Å². The monoisotopic (exact) mass is 376 g/mol. The predicted octanol–water partition coefficient (Wildman–Crippen LogP) is 4.75. The van der Waals surface area contributed by atoms with Crippen LogP contribution in [0, 0.1) is 5.82 Å². The number of fused-ring (bicyclic) bond motifs is 2. The standard InChI is InChI=1S/C18H12F4N4O/c19-10-1-5-13-16(7-10)26(11-2-3-11)17(24-13)25-9-23-14-8-12(4-6-15(14)25)27-18(20,21)22/h1,4-9,11H,2-3H2. The van der Waals surface area contributed by atoms with E-state index in [-0.39, 0.29) is 17.6 Å². The Balaban J connectivity index is 1.66. The van der Waals surface area contributed by atoms with Crippen molar-refractivity contribution in [3.05, 3.63) is 48.5 Å². The molecule has 1 aliphatic carbocycles. The van der Waals surface area contributed by atoms with Crippen molar-refractivity contribution >= 4 is 22.1 Å². The van der Waals surface area contributed by atoms with Crippen LogP contribution < -0.4 is 4.74 Å². The van der Waals surface area contributed by atoms with Gasteiger partial charge >= 0.3 is 6.36 Å². The van der Waals surface area contributed by atoms with Crippen molar-refractivity contribution in [3.8, 4) is 11.7 Å². The number of imidazole rings is 2. The second-order valence-corrected chi connectivity index (χ2v) is 6.46. The number of alkyl halides is 3. The van der Waals surface area contributed by atoms with Gasteiger partial charge in [0.2, 0.25) is 5.95 Å². The Morgan fingerprint density at radius 1 is 1.00 bits per heavy atom. The molecule has 0 amide bonds. The molecule has 0 N–H and O–H groups in total. The molecule has 0 spiro atoms. The van der Waals surface area contributed by atoms with E-state index in [1.807, 2.05) is 4.57 Å². The summed E-state index contributed by atoms with van der Waals surface area (Å²) >= 11 is 0. The van der Waals surface area contributed by atoms with Crippen LogP contribution in [-0.2, 0) is 0 Å². The molecule has 0 saturated heterocycles. The van der Waals surface area contributed by atoms with Crippen molar-refractivity contribution in [2.45, 2.75) is 25.2 Å². The molecule has 5 rings (SSSR count). The van der Waals surface area contributed by atoms with Gasteiger partial charge in [0.15, 0.2) is 0 Å². The maximum absolute atomic E-state index is 13.7. The van der Waals surface area contributed by atoms with Gasteiger partial charge in [-0.25, -0.2) is 14.4 Å². The topological polar surface area (TPSA) is 44.9 Å². The van der Waals surface area contributed by atoms with Crippen LogP contribution in [0.2, 0.25) is 0 Å². The maximum Gasteiger partial charge on any atom is 0.573 e. The quantitative estimate of drug-likeness (QED) is 0.485. The van der Waals surface area contributed by atoms with E-state index in [1.165, 1.54) is 36.7 Å². The minimum Gasteiger partial charge on any atom is -0.406 e. The summed E-state index contributed by atoms with van der Waals surface area (Å²) in [6.45, 7) is 0. The number of ether oxygens (including phenoxy) is 1. The molecule has 138 valence electrons. The van der Waals surface area contributed by atoms with Crippen molar-refractivity contribution in [2.75, 3.05) is 0 Å². The van der Waals surface area contributed by atoms with Crippen molar-refractivity contribution in [2.24, 2.45) is 0 Å². The third-order valence-electron chi connectivity index (χ3n) is 4.51. The largest absolute Gasteiger partial charge is 0.573 e. The van der Waals surface area contributed by atoms with E-state index >= 15 is 0 Å². The molecule has 1 saturated carbocycles. The molecule has 27 heavy (non-hydrogen) atoms. The Kier molecular flexibility index (Phi) is 3.25. The fourth-order valence-electron chi connectivity index (χ4n) is 3.27. The molecule has 5 nitrogen and oxygen atoms in total. The zero-order valence-electron chi connectivity index (χ0n) is 13.7. The van der Waals surface area contributed by atoms with Gasteiger partial charge in [-0.3, -0.25) is 4.57 Å². The van der Waals surface area contributed by atoms with Gasteiger partial charge in [-0.1, -0.05) is 0 Å². The molecule has 1 aliphatic rings. The van der Waals surface area contributed by atoms with E-state index in [9.17, 15) is 17.6 Å². The van der Waals surface area contributed by atoms with Crippen molar-refractivity contribution in [3.63, 3.8) is 0 Å².